The van der Waals surface area contributed by atoms with Crippen LogP contribution in [0.5, 0.6) is 0 Å². The highest BCUT2D eigenvalue weighted by Crippen LogP contribution is 2.02. The van der Waals surface area contributed by atoms with E-state index in [2.05, 4.69) is 25.3 Å². The molecule has 0 saturated carbocycles. The lowest BCUT2D eigenvalue weighted by molar-refractivity contribution is -0.160. The van der Waals surface area contributed by atoms with E-state index in [0.717, 1.165) is 0 Å². The maximum Gasteiger partial charge on any atom is 0.320 e. The molecule has 0 aromatic carbocycles. The molecule has 0 N–H and O–H groups in total. The molecule has 0 aliphatic carbocycles. The molecule has 0 rings (SSSR count). The zero-order valence-electron chi connectivity index (χ0n) is 7.93. The summed E-state index contributed by atoms with van der Waals surface area (Å²) in [5.41, 5.74) is 0. The number of thiol groups is 2. The molecule has 0 unspecified atom stereocenters. The summed E-state index contributed by atoms with van der Waals surface area (Å²) in [6.07, 6.45) is 0. The van der Waals surface area contributed by atoms with Crippen LogP contribution in [-0.4, -0.2) is 36.7 Å². The maximum atomic E-state index is 11.1. The van der Waals surface area contributed by atoms with E-state index in [4.69, 9.17) is 9.47 Å². The van der Waals surface area contributed by atoms with Crippen molar-refractivity contribution in [3.63, 3.8) is 0 Å². The summed E-state index contributed by atoms with van der Waals surface area (Å²) in [4.78, 5) is 22.3. The van der Waals surface area contributed by atoms with E-state index in [1.807, 2.05) is 0 Å². The second-order valence-electron chi connectivity index (χ2n) is 2.50. The first-order chi connectivity index (χ1) is 6.63. The van der Waals surface area contributed by atoms with Crippen molar-refractivity contribution < 1.29 is 19.1 Å². The topological polar surface area (TPSA) is 52.6 Å². The first kappa shape index (κ1) is 13.6. The average molecular weight is 238 g/mol. The van der Waals surface area contributed by atoms with Crippen molar-refractivity contribution in [2.24, 2.45) is 5.92 Å². The minimum atomic E-state index is -0.880. The zero-order chi connectivity index (χ0) is 11.0. The highest BCUT2D eigenvalue weighted by molar-refractivity contribution is 7.80. The summed E-state index contributed by atoms with van der Waals surface area (Å²) < 4.78 is 9.44. The van der Waals surface area contributed by atoms with Crippen molar-refractivity contribution in [3.05, 3.63) is 0 Å². The molecule has 0 aromatic heterocycles. The van der Waals surface area contributed by atoms with Crippen LogP contribution < -0.4 is 0 Å². The van der Waals surface area contributed by atoms with Gasteiger partial charge in [-0.25, -0.2) is 0 Å². The lowest BCUT2D eigenvalue weighted by Crippen LogP contribution is -2.26. The molecule has 0 aliphatic heterocycles. The van der Waals surface area contributed by atoms with Gasteiger partial charge in [-0.1, -0.05) is 0 Å². The van der Waals surface area contributed by atoms with Gasteiger partial charge in [-0.3, -0.25) is 9.59 Å². The summed E-state index contributed by atoms with van der Waals surface area (Å²) in [6, 6.07) is 0. The van der Waals surface area contributed by atoms with Crippen LogP contribution in [0.15, 0.2) is 0 Å². The molecule has 0 spiro atoms. The Morgan fingerprint density at radius 3 is 1.71 bits per heavy atom. The van der Waals surface area contributed by atoms with E-state index in [1.165, 1.54) is 6.92 Å². The molecule has 0 atom stereocenters. The predicted octanol–water partition coefficient (Wildman–Crippen LogP) is 0.569. The van der Waals surface area contributed by atoms with E-state index in [1.54, 1.807) is 0 Å². The molecule has 4 nitrogen and oxygen atoms in total. The van der Waals surface area contributed by atoms with E-state index >= 15 is 0 Å². The number of carbonyl (C=O) groups is 2. The molecule has 82 valence electrons. The Hall–Kier alpha value is -0.360. The fourth-order valence-electron chi connectivity index (χ4n) is 0.639. The van der Waals surface area contributed by atoms with Gasteiger partial charge in [-0.2, -0.15) is 25.3 Å². The molecule has 0 fully saturated rings. The molecule has 0 radical (unpaired) electrons. The molecule has 0 aromatic rings. The SMILES string of the molecule is CC(C(=O)OCCS)C(=O)OCCS. The van der Waals surface area contributed by atoms with Crippen LogP contribution >= 0.6 is 25.3 Å². The summed E-state index contributed by atoms with van der Waals surface area (Å²) >= 11 is 7.74. The van der Waals surface area contributed by atoms with Gasteiger partial charge in [-0.15, -0.1) is 0 Å². The highest BCUT2D eigenvalue weighted by atomic mass is 32.1. The van der Waals surface area contributed by atoms with E-state index in [0.29, 0.717) is 11.5 Å². The number of ether oxygens (including phenoxy) is 2. The third-order valence-corrected chi connectivity index (χ3v) is 1.74. The minimum Gasteiger partial charge on any atom is -0.464 e. The van der Waals surface area contributed by atoms with Crippen LogP contribution in [0.2, 0.25) is 0 Å². The fraction of sp³-hybridized carbons (Fsp3) is 0.750. The number of hydrogen-bond donors (Lipinski definition) is 2. The molecular weight excluding hydrogens is 224 g/mol. The monoisotopic (exact) mass is 238 g/mol. The average Bonchev–Trinajstić information content (AvgIpc) is 2.21. The standard InChI is InChI=1S/C8H14O4S2/c1-6(7(9)11-2-4-13)8(10)12-3-5-14/h6,13-14H,2-5H2,1H3. The zero-order valence-corrected chi connectivity index (χ0v) is 9.72. The van der Waals surface area contributed by atoms with Gasteiger partial charge in [0.2, 0.25) is 0 Å². The summed E-state index contributed by atoms with van der Waals surface area (Å²) in [6.45, 7) is 1.85. The van der Waals surface area contributed by atoms with Gasteiger partial charge in [-0.05, 0) is 6.92 Å². The first-order valence-corrected chi connectivity index (χ1v) is 5.45. The molecule has 0 aliphatic rings. The van der Waals surface area contributed by atoms with E-state index < -0.39 is 17.9 Å². The number of carbonyl (C=O) groups excluding carboxylic acids is 2. The minimum absolute atomic E-state index is 0.201. The van der Waals surface area contributed by atoms with Crippen molar-refractivity contribution in [1.29, 1.82) is 0 Å². The summed E-state index contributed by atoms with van der Waals surface area (Å²) in [5.74, 6) is -1.17. The van der Waals surface area contributed by atoms with Crippen LogP contribution in [0.25, 0.3) is 0 Å². The first-order valence-electron chi connectivity index (χ1n) is 4.18. The third kappa shape index (κ3) is 5.39. The maximum absolute atomic E-state index is 11.1. The lowest BCUT2D eigenvalue weighted by Gasteiger charge is -2.09. The largest absolute Gasteiger partial charge is 0.464 e. The Morgan fingerprint density at radius 1 is 1.07 bits per heavy atom. The van der Waals surface area contributed by atoms with Crippen molar-refractivity contribution in [3.8, 4) is 0 Å². The Kier molecular flexibility index (Phi) is 7.78. The van der Waals surface area contributed by atoms with Gasteiger partial charge in [0.15, 0.2) is 5.92 Å². The lowest BCUT2D eigenvalue weighted by atomic mass is 10.2. The molecule has 0 heterocycles. The molecular formula is C8H14O4S2. The second kappa shape index (κ2) is 7.99. The van der Waals surface area contributed by atoms with Crippen LogP contribution in [0.4, 0.5) is 0 Å². The second-order valence-corrected chi connectivity index (χ2v) is 3.40. The Labute approximate surface area is 94.2 Å². The number of rotatable bonds is 6. The molecule has 6 heteroatoms. The predicted molar refractivity (Wildman–Crippen MR) is 58.8 cm³/mol. The Bertz CT molecular complexity index is 176. The van der Waals surface area contributed by atoms with Crippen LogP contribution in [-0.2, 0) is 19.1 Å². The normalized spacial score (nSPS) is 10.0. The van der Waals surface area contributed by atoms with Crippen LogP contribution in [0, 0.1) is 5.92 Å². The molecule has 0 saturated heterocycles. The van der Waals surface area contributed by atoms with Crippen LogP contribution in [0.1, 0.15) is 6.92 Å². The quantitative estimate of drug-likeness (QED) is 0.403. The fourth-order valence-corrected chi connectivity index (χ4v) is 0.821. The van der Waals surface area contributed by atoms with Gasteiger partial charge in [0.1, 0.15) is 13.2 Å². The van der Waals surface area contributed by atoms with Gasteiger partial charge in [0.05, 0.1) is 0 Å². The van der Waals surface area contributed by atoms with Crippen molar-refractivity contribution >= 4 is 37.2 Å². The molecule has 0 bridgehead atoms. The van der Waals surface area contributed by atoms with Gasteiger partial charge in [0, 0.05) is 11.5 Å². The number of esters is 2. The summed E-state index contributed by atoms with van der Waals surface area (Å²) in [5, 5.41) is 0. The highest BCUT2D eigenvalue weighted by Gasteiger charge is 2.23. The van der Waals surface area contributed by atoms with E-state index in [-0.39, 0.29) is 13.2 Å². The van der Waals surface area contributed by atoms with Gasteiger partial charge >= 0.3 is 11.9 Å². The van der Waals surface area contributed by atoms with Crippen LogP contribution in [0.3, 0.4) is 0 Å². The molecule has 0 amide bonds. The van der Waals surface area contributed by atoms with Crippen molar-refractivity contribution in [1.82, 2.24) is 0 Å². The van der Waals surface area contributed by atoms with Gasteiger partial charge in [0.25, 0.3) is 0 Å². The third-order valence-electron chi connectivity index (χ3n) is 1.38. The summed E-state index contributed by atoms with van der Waals surface area (Å²) in [7, 11) is 0. The van der Waals surface area contributed by atoms with Crippen molar-refractivity contribution in [2.75, 3.05) is 24.7 Å². The Balaban J connectivity index is 3.85. The number of hydrogen-bond acceptors (Lipinski definition) is 6. The van der Waals surface area contributed by atoms with E-state index in [9.17, 15) is 9.59 Å². The Morgan fingerprint density at radius 2 is 1.43 bits per heavy atom. The smallest absolute Gasteiger partial charge is 0.320 e. The molecule has 14 heavy (non-hydrogen) atoms. The van der Waals surface area contributed by atoms with Crippen molar-refractivity contribution in [2.45, 2.75) is 6.92 Å². The van der Waals surface area contributed by atoms with Gasteiger partial charge < -0.3 is 9.47 Å².